The first-order valence-corrected chi connectivity index (χ1v) is 14.3. The summed E-state index contributed by atoms with van der Waals surface area (Å²) in [6.07, 6.45) is 0. The van der Waals surface area contributed by atoms with Crippen molar-refractivity contribution in [3.8, 4) is 0 Å². The molecule has 7 nitrogen and oxygen atoms in total. The lowest BCUT2D eigenvalue weighted by Gasteiger charge is -2.32. The zero-order valence-electron chi connectivity index (χ0n) is 20.8. The lowest BCUT2D eigenvalue weighted by molar-refractivity contribution is -0.139. The van der Waals surface area contributed by atoms with E-state index in [1.165, 1.54) is 29.2 Å². The second kappa shape index (κ2) is 12.6. The molecule has 1 atom stereocenters. The minimum Gasteiger partial charge on any atom is -0.352 e. The van der Waals surface area contributed by atoms with E-state index in [9.17, 15) is 18.0 Å². The molecular formula is C27H29BrClN3O4S. The summed E-state index contributed by atoms with van der Waals surface area (Å²) in [5, 5.41) is 3.23. The molecule has 0 aliphatic heterocycles. The van der Waals surface area contributed by atoms with E-state index in [1.54, 1.807) is 37.3 Å². The molecular weight excluding hydrogens is 578 g/mol. The summed E-state index contributed by atoms with van der Waals surface area (Å²) in [5.41, 5.74) is 1.13. The molecule has 3 aromatic carbocycles. The number of amides is 2. The second-order valence-electron chi connectivity index (χ2n) is 8.79. The van der Waals surface area contributed by atoms with E-state index in [-0.39, 0.29) is 23.4 Å². The highest BCUT2D eigenvalue weighted by Gasteiger charge is 2.32. The molecule has 0 aliphatic carbocycles. The molecule has 0 aromatic heterocycles. The van der Waals surface area contributed by atoms with Crippen molar-refractivity contribution in [2.24, 2.45) is 0 Å². The Hall–Kier alpha value is -2.88. The Bertz CT molecular complexity index is 1320. The fourth-order valence-electron chi connectivity index (χ4n) is 3.63. The van der Waals surface area contributed by atoms with Crippen molar-refractivity contribution < 1.29 is 18.0 Å². The molecule has 10 heteroatoms. The van der Waals surface area contributed by atoms with Gasteiger partial charge in [0.05, 0.1) is 10.6 Å². The van der Waals surface area contributed by atoms with Crippen molar-refractivity contribution in [3.05, 3.63) is 93.9 Å². The topological polar surface area (TPSA) is 86.8 Å². The summed E-state index contributed by atoms with van der Waals surface area (Å²) < 4.78 is 29.3. The normalized spacial score (nSPS) is 12.2. The van der Waals surface area contributed by atoms with E-state index >= 15 is 0 Å². The molecule has 2 amide bonds. The Morgan fingerprint density at radius 1 is 0.919 bits per heavy atom. The van der Waals surface area contributed by atoms with Crippen LogP contribution in [0.25, 0.3) is 0 Å². The molecule has 0 saturated heterocycles. The van der Waals surface area contributed by atoms with Crippen molar-refractivity contribution >= 4 is 55.1 Å². The highest BCUT2D eigenvalue weighted by molar-refractivity contribution is 9.10. The van der Waals surface area contributed by atoms with Crippen LogP contribution in [0.15, 0.2) is 88.2 Å². The zero-order valence-corrected chi connectivity index (χ0v) is 23.9. The Morgan fingerprint density at radius 2 is 1.51 bits per heavy atom. The first kappa shape index (κ1) is 28.7. The molecule has 0 saturated carbocycles. The first-order valence-electron chi connectivity index (χ1n) is 11.7. The van der Waals surface area contributed by atoms with Crippen LogP contribution < -0.4 is 9.62 Å². The van der Waals surface area contributed by atoms with Gasteiger partial charge in [-0.3, -0.25) is 13.9 Å². The first-order chi connectivity index (χ1) is 17.5. The van der Waals surface area contributed by atoms with E-state index in [0.717, 1.165) is 14.3 Å². The van der Waals surface area contributed by atoms with Gasteiger partial charge in [-0.2, -0.15) is 0 Å². The maximum absolute atomic E-state index is 13.8. The third kappa shape index (κ3) is 7.56. The fraction of sp³-hybridized carbons (Fsp3) is 0.259. The molecule has 3 aromatic rings. The number of para-hydroxylation sites is 1. The number of sulfonamides is 1. The molecule has 0 aliphatic rings. The predicted octanol–water partition coefficient (Wildman–Crippen LogP) is 5.24. The summed E-state index contributed by atoms with van der Waals surface area (Å²) in [6.45, 7) is 4.94. The molecule has 37 heavy (non-hydrogen) atoms. The van der Waals surface area contributed by atoms with Gasteiger partial charge in [0, 0.05) is 22.1 Å². The van der Waals surface area contributed by atoms with Gasteiger partial charge in [-0.1, -0.05) is 57.9 Å². The van der Waals surface area contributed by atoms with Crippen LogP contribution in [0.2, 0.25) is 5.02 Å². The maximum Gasteiger partial charge on any atom is 0.264 e. The van der Waals surface area contributed by atoms with Crippen LogP contribution >= 0.6 is 27.5 Å². The van der Waals surface area contributed by atoms with Gasteiger partial charge in [-0.25, -0.2) is 8.42 Å². The number of hydrogen-bond donors (Lipinski definition) is 1. The second-order valence-corrected chi connectivity index (χ2v) is 12.0. The molecule has 0 heterocycles. The van der Waals surface area contributed by atoms with Crippen LogP contribution in [0.1, 0.15) is 26.3 Å². The van der Waals surface area contributed by atoms with Crippen molar-refractivity contribution in [2.45, 2.75) is 44.3 Å². The van der Waals surface area contributed by atoms with E-state index in [0.29, 0.717) is 10.7 Å². The average molecular weight is 607 g/mol. The molecule has 0 bridgehead atoms. The zero-order chi connectivity index (χ0) is 27.2. The van der Waals surface area contributed by atoms with E-state index in [2.05, 4.69) is 21.2 Å². The van der Waals surface area contributed by atoms with Gasteiger partial charge < -0.3 is 10.2 Å². The van der Waals surface area contributed by atoms with Crippen molar-refractivity contribution in [2.75, 3.05) is 10.8 Å². The summed E-state index contributed by atoms with van der Waals surface area (Å²) in [6, 6.07) is 20.6. The van der Waals surface area contributed by atoms with E-state index in [1.807, 2.05) is 38.1 Å². The molecule has 1 N–H and O–H groups in total. The molecule has 0 unspecified atom stereocenters. The van der Waals surface area contributed by atoms with Crippen LogP contribution in [-0.2, 0) is 26.2 Å². The minimum atomic E-state index is -4.12. The van der Waals surface area contributed by atoms with E-state index < -0.39 is 28.5 Å². The minimum absolute atomic E-state index is 0.00129. The Labute approximate surface area is 231 Å². The predicted molar refractivity (Wildman–Crippen MR) is 150 cm³/mol. The highest BCUT2D eigenvalue weighted by atomic mass is 79.9. The van der Waals surface area contributed by atoms with Crippen LogP contribution in [0, 0.1) is 0 Å². The van der Waals surface area contributed by atoms with Gasteiger partial charge in [-0.05, 0) is 74.9 Å². The summed E-state index contributed by atoms with van der Waals surface area (Å²) >= 11 is 9.36. The SMILES string of the molecule is CC(C)NC(=O)[C@@H](C)N(Cc1ccc(Br)cc1)C(=O)CN(c1ccccc1)S(=O)(=O)c1ccc(Cl)cc1. The van der Waals surface area contributed by atoms with Gasteiger partial charge in [0.1, 0.15) is 12.6 Å². The molecule has 3 rings (SSSR count). The number of benzene rings is 3. The van der Waals surface area contributed by atoms with Crippen LogP contribution in [0.3, 0.4) is 0 Å². The third-order valence-corrected chi connectivity index (χ3v) is 8.16. The van der Waals surface area contributed by atoms with Gasteiger partial charge in [-0.15, -0.1) is 0 Å². The van der Waals surface area contributed by atoms with Gasteiger partial charge in [0.2, 0.25) is 11.8 Å². The van der Waals surface area contributed by atoms with Gasteiger partial charge in [0.15, 0.2) is 0 Å². The number of carbonyl (C=O) groups excluding carboxylic acids is 2. The third-order valence-electron chi connectivity index (χ3n) is 5.59. The largest absolute Gasteiger partial charge is 0.352 e. The summed E-state index contributed by atoms with van der Waals surface area (Å²) in [7, 11) is -4.12. The van der Waals surface area contributed by atoms with Crippen molar-refractivity contribution in [3.63, 3.8) is 0 Å². The quantitative estimate of drug-likeness (QED) is 0.342. The lowest BCUT2D eigenvalue weighted by Crippen LogP contribution is -2.52. The van der Waals surface area contributed by atoms with Crippen molar-refractivity contribution in [1.29, 1.82) is 0 Å². The Balaban J connectivity index is 1.99. The monoisotopic (exact) mass is 605 g/mol. The Morgan fingerprint density at radius 3 is 2.08 bits per heavy atom. The number of hydrogen-bond acceptors (Lipinski definition) is 4. The van der Waals surface area contributed by atoms with Gasteiger partial charge >= 0.3 is 0 Å². The van der Waals surface area contributed by atoms with E-state index in [4.69, 9.17) is 11.6 Å². The Kier molecular flexibility index (Phi) is 9.75. The molecule has 0 spiro atoms. The number of rotatable bonds is 10. The molecule has 0 radical (unpaired) electrons. The number of carbonyl (C=O) groups is 2. The standard InChI is InChI=1S/C27H29BrClN3O4S/c1-19(2)30-27(34)20(3)31(17-21-9-11-22(28)12-10-21)26(33)18-32(24-7-5-4-6-8-24)37(35,36)25-15-13-23(29)14-16-25/h4-16,19-20H,17-18H2,1-3H3,(H,30,34)/t20-/m1/s1. The number of nitrogens with one attached hydrogen (secondary N) is 1. The number of halogens is 2. The highest BCUT2D eigenvalue weighted by Crippen LogP contribution is 2.25. The molecule has 196 valence electrons. The summed E-state index contributed by atoms with van der Waals surface area (Å²) in [4.78, 5) is 28.1. The maximum atomic E-state index is 13.8. The van der Waals surface area contributed by atoms with Crippen LogP contribution in [-0.4, -0.2) is 43.8 Å². The number of anilines is 1. The summed E-state index contributed by atoms with van der Waals surface area (Å²) in [5.74, 6) is -0.844. The average Bonchev–Trinajstić information content (AvgIpc) is 2.86. The number of nitrogens with zero attached hydrogens (tertiary/aromatic N) is 2. The van der Waals surface area contributed by atoms with Crippen molar-refractivity contribution in [1.82, 2.24) is 10.2 Å². The van der Waals surface area contributed by atoms with Crippen LogP contribution in [0.5, 0.6) is 0 Å². The van der Waals surface area contributed by atoms with Crippen LogP contribution in [0.4, 0.5) is 5.69 Å². The lowest BCUT2D eigenvalue weighted by atomic mass is 10.1. The van der Waals surface area contributed by atoms with Gasteiger partial charge in [0.25, 0.3) is 10.0 Å². The smallest absolute Gasteiger partial charge is 0.264 e. The molecule has 0 fully saturated rings. The fourth-order valence-corrected chi connectivity index (χ4v) is 5.44.